The van der Waals surface area contributed by atoms with Gasteiger partial charge in [-0.2, -0.15) is 0 Å². The number of benzene rings is 2. The first-order valence-corrected chi connectivity index (χ1v) is 9.82. The largest absolute Gasteiger partial charge is 0.339 e. The van der Waals surface area contributed by atoms with Crippen molar-refractivity contribution in [2.75, 3.05) is 18.4 Å². The SMILES string of the molecule is CCN(CC)C(=O)c1ccc(NC(=O)C(C)Sc2ccc(Cl)cc2)cc1. The molecule has 0 saturated heterocycles. The second-order valence-corrected chi connectivity index (χ2v) is 7.61. The third-order valence-electron chi connectivity index (χ3n) is 3.95. The van der Waals surface area contributed by atoms with E-state index in [0.717, 1.165) is 4.90 Å². The predicted octanol–water partition coefficient (Wildman–Crippen LogP) is 4.94. The van der Waals surface area contributed by atoms with E-state index in [0.29, 0.717) is 29.4 Å². The summed E-state index contributed by atoms with van der Waals surface area (Å²) in [5.41, 5.74) is 1.30. The molecule has 138 valence electrons. The maximum Gasteiger partial charge on any atom is 0.253 e. The van der Waals surface area contributed by atoms with Crippen LogP contribution >= 0.6 is 23.4 Å². The summed E-state index contributed by atoms with van der Waals surface area (Å²) in [5, 5.41) is 3.30. The number of anilines is 1. The molecule has 26 heavy (non-hydrogen) atoms. The van der Waals surface area contributed by atoms with Gasteiger partial charge in [0.15, 0.2) is 0 Å². The Bertz CT molecular complexity index is 743. The summed E-state index contributed by atoms with van der Waals surface area (Å²) in [7, 11) is 0. The van der Waals surface area contributed by atoms with Crippen molar-refractivity contribution < 1.29 is 9.59 Å². The average Bonchev–Trinajstić information content (AvgIpc) is 2.65. The van der Waals surface area contributed by atoms with E-state index in [2.05, 4.69) is 5.32 Å². The summed E-state index contributed by atoms with van der Waals surface area (Å²) in [6.45, 7) is 7.11. The number of carbonyl (C=O) groups excluding carboxylic acids is 2. The molecule has 1 unspecified atom stereocenters. The second kappa shape index (κ2) is 9.64. The zero-order chi connectivity index (χ0) is 19.1. The minimum Gasteiger partial charge on any atom is -0.339 e. The lowest BCUT2D eigenvalue weighted by Gasteiger charge is -2.18. The summed E-state index contributed by atoms with van der Waals surface area (Å²) in [6.07, 6.45) is 0. The van der Waals surface area contributed by atoms with Crippen LogP contribution in [0.5, 0.6) is 0 Å². The molecule has 0 aliphatic rings. The summed E-state index contributed by atoms with van der Waals surface area (Å²) in [4.78, 5) is 27.4. The number of rotatable bonds is 7. The Hall–Kier alpha value is -1.98. The third-order valence-corrected chi connectivity index (χ3v) is 5.31. The van der Waals surface area contributed by atoms with Gasteiger partial charge in [0.25, 0.3) is 5.91 Å². The van der Waals surface area contributed by atoms with Crippen molar-refractivity contribution in [1.29, 1.82) is 0 Å². The minimum atomic E-state index is -0.256. The molecule has 0 radical (unpaired) electrons. The highest BCUT2D eigenvalue weighted by Gasteiger charge is 2.16. The lowest BCUT2D eigenvalue weighted by Crippen LogP contribution is -2.30. The lowest BCUT2D eigenvalue weighted by molar-refractivity contribution is -0.115. The van der Waals surface area contributed by atoms with Crippen LogP contribution in [0, 0.1) is 0 Å². The molecule has 0 bridgehead atoms. The maximum absolute atomic E-state index is 12.4. The Morgan fingerprint density at radius 3 is 2.15 bits per heavy atom. The van der Waals surface area contributed by atoms with Crippen molar-refractivity contribution in [2.45, 2.75) is 30.9 Å². The first-order chi connectivity index (χ1) is 12.4. The van der Waals surface area contributed by atoms with Gasteiger partial charge < -0.3 is 10.2 Å². The Labute approximate surface area is 163 Å². The molecule has 1 N–H and O–H groups in total. The number of halogens is 1. The van der Waals surface area contributed by atoms with E-state index >= 15 is 0 Å². The first kappa shape index (κ1) is 20.3. The van der Waals surface area contributed by atoms with Crippen molar-refractivity contribution in [3.63, 3.8) is 0 Å². The van der Waals surface area contributed by atoms with Gasteiger partial charge in [-0.15, -0.1) is 11.8 Å². The molecule has 1 atom stereocenters. The minimum absolute atomic E-state index is 0.000427. The van der Waals surface area contributed by atoms with Gasteiger partial charge in [-0.1, -0.05) is 11.6 Å². The standard InChI is InChI=1S/C20H23ClN2O2S/c1-4-23(5-2)20(25)15-6-10-17(11-7-15)22-19(24)14(3)26-18-12-8-16(21)9-13-18/h6-14H,4-5H2,1-3H3,(H,22,24). The van der Waals surface area contributed by atoms with Crippen LogP contribution in [0.15, 0.2) is 53.4 Å². The molecule has 0 spiro atoms. The highest BCUT2D eigenvalue weighted by atomic mass is 35.5. The topological polar surface area (TPSA) is 49.4 Å². The van der Waals surface area contributed by atoms with Crippen molar-refractivity contribution >= 4 is 40.9 Å². The molecule has 2 aromatic carbocycles. The van der Waals surface area contributed by atoms with Gasteiger partial charge in [-0.3, -0.25) is 9.59 Å². The van der Waals surface area contributed by atoms with Crippen LogP contribution in [0.2, 0.25) is 5.02 Å². The van der Waals surface area contributed by atoms with E-state index in [-0.39, 0.29) is 17.1 Å². The fourth-order valence-corrected chi connectivity index (χ4v) is 3.40. The molecular formula is C20H23ClN2O2S. The predicted molar refractivity (Wildman–Crippen MR) is 109 cm³/mol. The quantitative estimate of drug-likeness (QED) is 0.681. The van der Waals surface area contributed by atoms with E-state index < -0.39 is 0 Å². The molecule has 0 aliphatic carbocycles. The summed E-state index contributed by atoms with van der Waals surface area (Å²) in [6, 6.07) is 14.4. The van der Waals surface area contributed by atoms with Crippen molar-refractivity contribution in [2.24, 2.45) is 0 Å². The van der Waals surface area contributed by atoms with Crippen LogP contribution < -0.4 is 5.32 Å². The molecule has 0 heterocycles. The monoisotopic (exact) mass is 390 g/mol. The number of hydrogen-bond donors (Lipinski definition) is 1. The zero-order valence-electron chi connectivity index (χ0n) is 15.2. The van der Waals surface area contributed by atoms with Crippen LogP contribution in [0.3, 0.4) is 0 Å². The van der Waals surface area contributed by atoms with Gasteiger partial charge >= 0.3 is 0 Å². The van der Waals surface area contributed by atoms with Crippen LogP contribution in [-0.2, 0) is 4.79 Å². The first-order valence-electron chi connectivity index (χ1n) is 8.57. The Balaban J connectivity index is 1.96. The number of amides is 2. The maximum atomic E-state index is 12.4. The van der Waals surface area contributed by atoms with Crippen LogP contribution in [0.1, 0.15) is 31.1 Å². The smallest absolute Gasteiger partial charge is 0.253 e. The molecule has 0 saturated carbocycles. The Morgan fingerprint density at radius 1 is 1.04 bits per heavy atom. The van der Waals surface area contributed by atoms with Crippen molar-refractivity contribution in [3.05, 3.63) is 59.1 Å². The molecule has 2 aromatic rings. The highest BCUT2D eigenvalue weighted by molar-refractivity contribution is 8.00. The fraction of sp³-hybridized carbons (Fsp3) is 0.300. The van der Waals surface area contributed by atoms with Gasteiger partial charge in [0, 0.05) is 34.3 Å². The van der Waals surface area contributed by atoms with E-state index in [9.17, 15) is 9.59 Å². The van der Waals surface area contributed by atoms with Crippen LogP contribution in [-0.4, -0.2) is 35.1 Å². The van der Waals surface area contributed by atoms with Gasteiger partial charge in [0.1, 0.15) is 0 Å². The van der Waals surface area contributed by atoms with E-state index in [4.69, 9.17) is 11.6 Å². The Kier molecular flexibility index (Phi) is 7.54. The Morgan fingerprint density at radius 2 is 1.62 bits per heavy atom. The van der Waals surface area contributed by atoms with Crippen molar-refractivity contribution in [1.82, 2.24) is 4.90 Å². The van der Waals surface area contributed by atoms with E-state index in [1.807, 2.05) is 32.9 Å². The molecule has 0 fully saturated rings. The fourth-order valence-electron chi connectivity index (χ4n) is 2.40. The number of carbonyl (C=O) groups is 2. The van der Waals surface area contributed by atoms with E-state index in [1.54, 1.807) is 41.3 Å². The highest BCUT2D eigenvalue weighted by Crippen LogP contribution is 2.25. The molecule has 2 rings (SSSR count). The lowest BCUT2D eigenvalue weighted by atomic mass is 10.1. The third kappa shape index (κ3) is 5.51. The number of nitrogens with zero attached hydrogens (tertiary/aromatic N) is 1. The molecular weight excluding hydrogens is 368 g/mol. The number of thioether (sulfide) groups is 1. The van der Waals surface area contributed by atoms with Gasteiger partial charge in [-0.25, -0.2) is 0 Å². The average molecular weight is 391 g/mol. The summed E-state index contributed by atoms with van der Waals surface area (Å²) < 4.78 is 0. The van der Waals surface area contributed by atoms with Crippen LogP contribution in [0.4, 0.5) is 5.69 Å². The molecule has 0 aromatic heterocycles. The van der Waals surface area contributed by atoms with Gasteiger partial charge in [-0.05, 0) is 69.3 Å². The van der Waals surface area contributed by atoms with Gasteiger partial charge in [0.05, 0.1) is 5.25 Å². The normalized spacial score (nSPS) is 11.7. The van der Waals surface area contributed by atoms with Gasteiger partial charge in [0.2, 0.25) is 5.91 Å². The van der Waals surface area contributed by atoms with Crippen LogP contribution in [0.25, 0.3) is 0 Å². The molecule has 4 nitrogen and oxygen atoms in total. The van der Waals surface area contributed by atoms with E-state index in [1.165, 1.54) is 11.8 Å². The second-order valence-electron chi connectivity index (χ2n) is 5.76. The number of nitrogens with one attached hydrogen (secondary N) is 1. The van der Waals surface area contributed by atoms with Crippen molar-refractivity contribution in [3.8, 4) is 0 Å². The molecule has 0 aliphatic heterocycles. The summed E-state index contributed by atoms with van der Waals surface area (Å²) in [5.74, 6) is -0.0905. The zero-order valence-corrected chi connectivity index (χ0v) is 16.7. The molecule has 2 amide bonds. The summed E-state index contributed by atoms with van der Waals surface area (Å²) >= 11 is 7.34. The number of hydrogen-bond acceptors (Lipinski definition) is 3. The molecule has 6 heteroatoms.